The van der Waals surface area contributed by atoms with Crippen LogP contribution in [-0.2, 0) is 16.0 Å². The molecule has 0 spiro atoms. The Morgan fingerprint density at radius 3 is 2.47 bits per heavy atom. The van der Waals surface area contributed by atoms with E-state index in [0.717, 1.165) is 31.5 Å². The number of hydrogen-bond acceptors (Lipinski definition) is 4. The Balaban J connectivity index is 1.71. The third-order valence-corrected chi connectivity index (χ3v) is 5.96. The molecule has 5 heteroatoms. The molecule has 2 aliphatic heterocycles. The zero-order valence-corrected chi connectivity index (χ0v) is 17.6. The molecule has 30 heavy (non-hydrogen) atoms. The number of nitrogens with zero attached hydrogens (tertiary/aromatic N) is 2. The number of carbonyl (C=O) groups excluding carboxylic acids is 2. The predicted molar refractivity (Wildman–Crippen MR) is 117 cm³/mol. The van der Waals surface area contributed by atoms with E-state index in [1.165, 1.54) is 4.90 Å². The van der Waals surface area contributed by atoms with Crippen molar-refractivity contribution in [1.82, 2.24) is 9.80 Å². The molecule has 2 heterocycles. The SMILES string of the molecule is COc1ccccc1C1=C(N2CCCC(C)C2)C(=O)N(CCc2ccccc2)C1=O. The molecule has 0 bridgehead atoms. The molecule has 1 atom stereocenters. The lowest BCUT2D eigenvalue weighted by molar-refractivity contribution is -0.137. The maximum atomic E-state index is 13.5. The second-order valence-corrected chi connectivity index (χ2v) is 8.11. The van der Waals surface area contributed by atoms with Gasteiger partial charge in [0.15, 0.2) is 0 Å². The molecule has 156 valence electrons. The van der Waals surface area contributed by atoms with Gasteiger partial charge in [0.05, 0.1) is 12.7 Å². The molecular formula is C25H28N2O3. The van der Waals surface area contributed by atoms with Crippen molar-refractivity contribution in [3.8, 4) is 5.75 Å². The number of amides is 2. The molecule has 5 nitrogen and oxygen atoms in total. The van der Waals surface area contributed by atoms with Gasteiger partial charge >= 0.3 is 0 Å². The highest BCUT2D eigenvalue weighted by Crippen LogP contribution is 2.37. The first-order valence-corrected chi connectivity index (χ1v) is 10.6. The van der Waals surface area contributed by atoms with E-state index < -0.39 is 0 Å². The van der Waals surface area contributed by atoms with Gasteiger partial charge in [0, 0.05) is 25.2 Å². The van der Waals surface area contributed by atoms with Gasteiger partial charge in [-0.05, 0) is 36.8 Å². The number of hydrogen-bond donors (Lipinski definition) is 0. The van der Waals surface area contributed by atoms with Crippen molar-refractivity contribution in [2.24, 2.45) is 5.92 Å². The Hall–Kier alpha value is -3.08. The molecule has 0 radical (unpaired) electrons. The molecule has 1 unspecified atom stereocenters. The van der Waals surface area contributed by atoms with E-state index in [-0.39, 0.29) is 11.8 Å². The first-order chi connectivity index (χ1) is 14.6. The minimum Gasteiger partial charge on any atom is -0.496 e. The molecule has 0 aromatic heterocycles. The minimum absolute atomic E-state index is 0.189. The lowest BCUT2D eigenvalue weighted by Crippen LogP contribution is -2.39. The molecule has 1 saturated heterocycles. The minimum atomic E-state index is -0.228. The Morgan fingerprint density at radius 1 is 1.00 bits per heavy atom. The summed E-state index contributed by atoms with van der Waals surface area (Å²) in [5, 5.41) is 0. The van der Waals surface area contributed by atoms with Gasteiger partial charge in [0.1, 0.15) is 11.4 Å². The van der Waals surface area contributed by atoms with Gasteiger partial charge in [-0.1, -0.05) is 55.5 Å². The molecule has 1 fully saturated rings. The predicted octanol–water partition coefficient (Wildman–Crippen LogP) is 3.75. The van der Waals surface area contributed by atoms with Crippen molar-refractivity contribution in [2.75, 3.05) is 26.7 Å². The topological polar surface area (TPSA) is 49.9 Å². The molecule has 2 amide bonds. The fraction of sp³-hybridized carbons (Fsp3) is 0.360. The first kappa shape index (κ1) is 20.2. The zero-order valence-electron chi connectivity index (χ0n) is 17.6. The normalized spacial score (nSPS) is 19.6. The van der Waals surface area contributed by atoms with E-state index in [1.807, 2.05) is 54.6 Å². The van der Waals surface area contributed by atoms with Crippen LogP contribution in [0.5, 0.6) is 5.75 Å². The number of para-hydroxylation sites is 1. The molecule has 0 aliphatic carbocycles. The molecule has 2 aliphatic rings. The van der Waals surface area contributed by atoms with E-state index in [4.69, 9.17) is 4.74 Å². The van der Waals surface area contributed by atoms with Crippen molar-refractivity contribution < 1.29 is 14.3 Å². The maximum absolute atomic E-state index is 13.5. The third-order valence-electron chi connectivity index (χ3n) is 5.96. The van der Waals surface area contributed by atoms with Crippen LogP contribution in [0.25, 0.3) is 5.57 Å². The summed E-state index contributed by atoms with van der Waals surface area (Å²) in [6.45, 7) is 4.15. The first-order valence-electron chi connectivity index (χ1n) is 10.6. The van der Waals surface area contributed by atoms with E-state index >= 15 is 0 Å². The second kappa shape index (κ2) is 8.74. The third kappa shape index (κ3) is 3.84. The Kier molecular flexibility index (Phi) is 5.88. The summed E-state index contributed by atoms with van der Waals surface area (Å²) in [6.07, 6.45) is 2.81. The van der Waals surface area contributed by atoms with Crippen molar-refractivity contribution in [2.45, 2.75) is 26.2 Å². The van der Waals surface area contributed by atoms with Crippen molar-refractivity contribution in [3.63, 3.8) is 0 Å². The van der Waals surface area contributed by atoms with Crippen molar-refractivity contribution in [3.05, 3.63) is 71.4 Å². The number of likely N-dealkylation sites (tertiary alicyclic amines) is 1. The highest BCUT2D eigenvalue weighted by molar-refractivity contribution is 6.36. The van der Waals surface area contributed by atoms with E-state index in [0.29, 0.717) is 41.5 Å². The Labute approximate surface area is 177 Å². The number of methoxy groups -OCH3 is 1. The number of ether oxygens (including phenoxy) is 1. The smallest absolute Gasteiger partial charge is 0.277 e. The van der Waals surface area contributed by atoms with Crippen LogP contribution in [0, 0.1) is 5.92 Å². The van der Waals surface area contributed by atoms with E-state index in [2.05, 4.69) is 11.8 Å². The van der Waals surface area contributed by atoms with Gasteiger partial charge in [0.25, 0.3) is 11.8 Å². The summed E-state index contributed by atoms with van der Waals surface area (Å²) in [4.78, 5) is 30.5. The quantitative estimate of drug-likeness (QED) is 0.688. The molecule has 0 saturated carbocycles. The average Bonchev–Trinajstić information content (AvgIpc) is 3.02. The largest absolute Gasteiger partial charge is 0.496 e. The lowest BCUT2D eigenvalue weighted by Gasteiger charge is -2.33. The highest BCUT2D eigenvalue weighted by Gasteiger charge is 2.42. The van der Waals surface area contributed by atoms with Gasteiger partial charge in [-0.15, -0.1) is 0 Å². The van der Waals surface area contributed by atoms with Crippen LogP contribution >= 0.6 is 0 Å². The summed E-state index contributed by atoms with van der Waals surface area (Å²) in [5.74, 6) is 0.687. The highest BCUT2D eigenvalue weighted by atomic mass is 16.5. The molecular weight excluding hydrogens is 376 g/mol. The lowest BCUT2D eigenvalue weighted by atomic mass is 9.97. The second-order valence-electron chi connectivity index (χ2n) is 8.11. The van der Waals surface area contributed by atoms with Crippen molar-refractivity contribution in [1.29, 1.82) is 0 Å². The summed E-state index contributed by atoms with van der Waals surface area (Å²) in [6, 6.07) is 17.4. The number of rotatable bonds is 6. The number of piperidine rings is 1. The average molecular weight is 405 g/mol. The Bertz CT molecular complexity index is 967. The van der Waals surface area contributed by atoms with Crippen LogP contribution in [0.1, 0.15) is 30.9 Å². The van der Waals surface area contributed by atoms with Crippen LogP contribution in [0.15, 0.2) is 60.3 Å². The van der Waals surface area contributed by atoms with Crippen LogP contribution in [0.4, 0.5) is 0 Å². The molecule has 2 aromatic rings. The van der Waals surface area contributed by atoms with Crippen LogP contribution in [-0.4, -0.2) is 48.4 Å². The summed E-state index contributed by atoms with van der Waals surface area (Å²) in [5.41, 5.74) is 2.80. The summed E-state index contributed by atoms with van der Waals surface area (Å²) < 4.78 is 5.53. The summed E-state index contributed by atoms with van der Waals surface area (Å²) >= 11 is 0. The molecule has 0 N–H and O–H groups in total. The molecule has 2 aromatic carbocycles. The number of carbonyl (C=O) groups is 2. The molecule has 4 rings (SSSR count). The van der Waals surface area contributed by atoms with Gasteiger partial charge in [-0.25, -0.2) is 0 Å². The van der Waals surface area contributed by atoms with Crippen LogP contribution in [0.2, 0.25) is 0 Å². The van der Waals surface area contributed by atoms with Crippen molar-refractivity contribution >= 4 is 17.4 Å². The van der Waals surface area contributed by atoms with Crippen LogP contribution < -0.4 is 4.74 Å². The zero-order chi connectivity index (χ0) is 21.1. The van der Waals surface area contributed by atoms with Gasteiger partial charge in [0.2, 0.25) is 0 Å². The van der Waals surface area contributed by atoms with E-state index in [9.17, 15) is 9.59 Å². The van der Waals surface area contributed by atoms with E-state index in [1.54, 1.807) is 7.11 Å². The van der Waals surface area contributed by atoms with Crippen LogP contribution in [0.3, 0.4) is 0 Å². The standard InChI is InChI=1S/C25H28N2O3/c1-18-9-8-15-26(17-18)23-22(20-12-6-7-13-21(20)30-2)24(28)27(25(23)29)16-14-19-10-4-3-5-11-19/h3-7,10-13,18H,8-9,14-17H2,1-2H3. The van der Waals surface area contributed by atoms with Gasteiger partial charge in [-0.3, -0.25) is 14.5 Å². The Morgan fingerprint density at radius 2 is 1.73 bits per heavy atom. The number of benzene rings is 2. The fourth-order valence-corrected chi connectivity index (χ4v) is 4.43. The fourth-order valence-electron chi connectivity index (χ4n) is 4.43. The monoisotopic (exact) mass is 404 g/mol. The summed E-state index contributed by atoms with van der Waals surface area (Å²) in [7, 11) is 1.59. The van der Waals surface area contributed by atoms with Gasteiger partial charge in [-0.2, -0.15) is 0 Å². The number of imide groups is 1. The maximum Gasteiger partial charge on any atom is 0.277 e. The van der Waals surface area contributed by atoms with Gasteiger partial charge < -0.3 is 9.64 Å².